The van der Waals surface area contributed by atoms with E-state index in [1.54, 1.807) is 21.3 Å². The first-order chi connectivity index (χ1) is 18.5. The molecule has 1 atom stereocenters. The number of carboxylic acid groups (broad SMARTS) is 1. The average Bonchev–Trinajstić information content (AvgIpc) is 3.36. The smallest absolute Gasteiger partial charge is 0.337 e. The van der Waals surface area contributed by atoms with Gasteiger partial charge in [-0.25, -0.2) is 9.59 Å². The summed E-state index contributed by atoms with van der Waals surface area (Å²) in [6, 6.07) is 16.9. The molecule has 5 aromatic rings. The summed E-state index contributed by atoms with van der Waals surface area (Å²) in [7, 11) is 0. The second kappa shape index (κ2) is 9.11. The van der Waals surface area contributed by atoms with E-state index in [0.717, 1.165) is 26.6 Å². The second-order valence-corrected chi connectivity index (χ2v) is 12.2. The van der Waals surface area contributed by atoms with Crippen molar-refractivity contribution in [3.8, 4) is 16.8 Å². The molecule has 200 valence electrons. The maximum Gasteiger partial charge on any atom is 0.337 e. The van der Waals surface area contributed by atoms with Crippen molar-refractivity contribution in [3.05, 3.63) is 85.8 Å². The van der Waals surface area contributed by atoms with Crippen LogP contribution in [0.5, 0.6) is 0 Å². The molecule has 0 saturated carbocycles. The van der Waals surface area contributed by atoms with Crippen LogP contribution < -0.4 is 5.69 Å². The molecule has 2 aromatic heterocycles. The van der Waals surface area contributed by atoms with Crippen LogP contribution in [0.25, 0.3) is 38.8 Å². The Hall–Kier alpha value is -3.33. The quantitative estimate of drug-likeness (QED) is 0.231. The van der Waals surface area contributed by atoms with Gasteiger partial charge in [0.1, 0.15) is 0 Å². The van der Waals surface area contributed by atoms with Gasteiger partial charge in [-0.15, -0.1) is 0 Å². The largest absolute Gasteiger partial charge is 0.479 e. The standard InChI is InChI=1S/C30H27BrClN3O4/c1-16-15-19-22(17-9-11-18(32)12-10-17)23(27(28(36)37)39-30(2,3)4)25-26-24(19)33(16)13-14-34(26)29(38)35(25)21-8-6-5-7-20(21)31/h5-12,15,27H,13-14H2,1-4H3,(H,36,37)/t27-/m0/s1. The third kappa shape index (κ3) is 4.04. The van der Waals surface area contributed by atoms with E-state index in [2.05, 4.69) is 26.6 Å². The molecule has 3 aromatic carbocycles. The van der Waals surface area contributed by atoms with E-state index in [1.165, 1.54) is 0 Å². The summed E-state index contributed by atoms with van der Waals surface area (Å²) in [5.74, 6) is -1.13. The number of benzene rings is 3. The van der Waals surface area contributed by atoms with Gasteiger partial charge in [0.05, 0.1) is 27.8 Å². The first kappa shape index (κ1) is 25.9. The van der Waals surface area contributed by atoms with Gasteiger partial charge in [0.15, 0.2) is 6.10 Å². The highest BCUT2D eigenvalue weighted by molar-refractivity contribution is 9.10. The van der Waals surface area contributed by atoms with Crippen LogP contribution in [0.1, 0.15) is 38.1 Å². The fourth-order valence-electron chi connectivity index (χ4n) is 5.74. The van der Waals surface area contributed by atoms with Crippen LogP contribution in [0.15, 0.2) is 63.9 Å². The molecule has 3 heterocycles. The highest BCUT2D eigenvalue weighted by atomic mass is 79.9. The molecule has 6 rings (SSSR count). The number of aliphatic carboxylic acids is 1. The number of nitrogens with zero attached hydrogens (tertiary/aromatic N) is 3. The van der Waals surface area contributed by atoms with Crippen LogP contribution in [0, 0.1) is 6.92 Å². The van der Waals surface area contributed by atoms with Gasteiger partial charge in [-0.05, 0) is 85.1 Å². The minimum atomic E-state index is -1.35. The number of halogens is 2. The van der Waals surface area contributed by atoms with E-state index >= 15 is 0 Å². The van der Waals surface area contributed by atoms with Crippen molar-refractivity contribution in [3.63, 3.8) is 0 Å². The van der Waals surface area contributed by atoms with Gasteiger partial charge in [0, 0.05) is 39.2 Å². The van der Waals surface area contributed by atoms with Crippen molar-refractivity contribution >= 4 is 55.4 Å². The van der Waals surface area contributed by atoms with Crippen LogP contribution in [-0.2, 0) is 22.6 Å². The van der Waals surface area contributed by atoms with Crippen molar-refractivity contribution in [2.75, 3.05) is 0 Å². The van der Waals surface area contributed by atoms with Crippen LogP contribution in [0.2, 0.25) is 5.02 Å². The van der Waals surface area contributed by atoms with Crippen LogP contribution in [0.3, 0.4) is 0 Å². The molecule has 0 bridgehead atoms. The molecule has 1 N–H and O–H groups in total. The fraction of sp³-hybridized carbons (Fsp3) is 0.267. The first-order valence-electron chi connectivity index (χ1n) is 12.7. The molecule has 39 heavy (non-hydrogen) atoms. The Kier molecular flexibility index (Phi) is 6.06. The molecule has 1 aliphatic heterocycles. The summed E-state index contributed by atoms with van der Waals surface area (Å²) in [6.07, 6.45) is -1.35. The number of aryl methyl sites for hydroxylation is 3. The molecule has 9 heteroatoms. The number of hydrogen-bond donors (Lipinski definition) is 1. The molecule has 0 spiro atoms. The van der Waals surface area contributed by atoms with Crippen molar-refractivity contribution in [1.82, 2.24) is 13.7 Å². The van der Waals surface area contributed by atoms with Crippen molar-refractivity contribution in [2.24, 2.45) is 0 Å². The number of para-hydroxylation sites is 1. The molecular formula is C30H27BrClN3O4. The van der Waals surface area contributed by atoms with Crippen LogP contribution >= 0.6 is 27.5 Å². The first-order valence-corrected chi connectivity index (χ1v) is 13.9. The second-order valence-electron chi connectivity index (χ2n) is 10.9. The maximum absolute atomic E-state index is 14.2. The molecule has 0 radical (unpaired) electrons. The molecule has 0 saturated heterocycles. The Morgan fingerprint density at radius 3 is 2.33 bits per heavy atom. The van der Waals surface area contributed by atoms with Gasteiger partial charge in [-0.3, -0.25) is 9.13 Å². The number of aromatic nitrogens is 3. The van der Waals surface area contributed by atoms with Gasteiger partial charge in [-0.1, -0.05) is 35.9 Å². The highest BCUT2D eigenvalue weighted by Crippen LogP contribution is 2.46. The van der Waals surface area contributed by atoms with E-state index in [1.807, 2.05) is 64.1 Å². The Morgan fingerprint density at radius 1 is 1.03 bits per heavy atom. The average molecular weight is 609 g/mol. The Morgan fingerprint density at radius 2 is 1.69 bits per heavy atom. The Balaban J connectivity index is 1.92. The predicted molar refractivity (Wildman–Crippen MR) is 157 cm³/mol. The Bertz CT molecular complexity index is 1860. The Labute approximate surface area is 238 Å². The summed E-state index contributed by atoms with van der Waals surface area (Å²) in [6.45, 7) is 8.64. The molecule has 0 aliphatic carbocycles. The van der Waals surface area contributed by atoms with E-state index in [9.17, 15) is 14.7 Å². The van der Waals surface area contributed by atoms with Crippen molar-refractivity contribution in [2.45, 2.75) is 52.5 Å². The van der Waals surface area contributed by atoms with Gasteiger partial charge >= 0.3 is 11.7 Å². The van der Waals surface area contributed by atoms with Crippen molar-refractivity contribution in [1.29, 1.82) is 0 Å². The third-order valence-corrected chi connectivity index (χ3v) is 8.12. The lowest BCUT2D eigenvalue weighted by Crippen LogP contribution is -2.28. The molecule has 1 aliphatic rings. The lowest BCUT2D eigenvalue weighted by Gasteiger charge is -2.28. The van der Waals surface area contributed by atoms with Crippen LogP contribution in [-0.4, -0.2) is 30.4 Å². The van der Waals surface area contributed by atoms with E-state index < -0.39 is 17.7 Å². The molecular weight excluding hydrogens is 582 g/mol. The number of carboxylic acids is 1. The maximum atomic E-state index is 14.2. The van der Waals surface area contributed by atoms with Gasteiger partial charge in [-0.2, -0.15) is 0 Å². The van der Waals surface area contributed by atoms with E-state index in [0.29, 0.717) is 46.0 Å². The summed E-state index contributed by atoms with van der Waals surface area (Å²) < 4.78 is 12.6. The highest BCUT2D eigenvalue weighted by Gasteiger charge is 2.37. The van der Waals surface area contributed by atoms with E-state index in [4.69, 9.17) is 16.3 Å². The molecule has 0 fully saturated rings. The monoisotopic (exact) mass is 607 g/mol. The number of rotatable bonds is 5. The van der Waals surface area contributed by atoms with Gasteiger partial charge in [0.2, 0.25) is 0 Å². The number of hydrogen-bond acceptors (Lipinski definition) is 3. The summed E-state index contributed by atoms with van der Waals surface area (Å²) in [4.78, 5) is 27.2. The normalized spacial score (nSPS) is 14.0. The zero-order valence-corrected chi connectivity index (χ0v) is 24.3. The van der Waals surface area contributed by atoms with Crippen LogP contribution in [0.4, 0.5) is 0 Å². The third-order valence-electron chi connectivity index (χ3n) is 7.19. The predicted octanol–water partition coefficient (Wildman–Crippen LogP) is 7.09. The van der Waals surface area contributed by atoms with Gasteiger partial charge < -0.3 is 14.4 Å². The topological polar surface area (TPSA) is 78.4 Å². The fourth-order valence-corrected chi connectivity index (χ4v) is 6.33. The summed E-state index contributed by atoms with van der Waals surface area (Å²) in [5.41, 5.74) is 4.76. The molecule has 7 nitrogen and oxygen atoms in total. The zero-order valence-electron chi connectivity index (χ0n) is 22.0. The number of ether oxygens (including phenoxy) is 1. The molecule has 0 unspecified atom stereocenters. The molecule has 0 amide bonds. The number of imidazole rings is 1. The zero-order chi connectivity index (χ0) is 27.8. The lowest BCUT2D eigenvalue weighted by atomic mass is 9.90. The minimum Gasteiger partial charge on any atom is -0.479 e. The summed E-state index contributed by atoms with van der Waals surface area (Å²) in [5, 5.41) is 12.1. The van der Waals surface area contributed by atoms with E-state index in [-0.39, 0.29) is 5.69 Å². The van der Waals surface area contributed by atoms with Gasteiger partial charge in [0.25, 0.3) is 0 Å². The lowest BCUT2D eigenvalue weighted by molar-refractivity contribution is -0.160. The SMILES string of the molecule is Cc1cc2c(-c3ccc(Cl)cc3)c([C@H](OC(C)(C)C)C(=O)O)c3c4c2n1CCn4c(=O)n3-c1ccccc1Br. The van der Waals surface area contributed by atoms with Crippen molar-refractivity contribution < 1.29 is 14.6 Å². The summed E-state index contributed by atoms with van der Waals surface area (Å²) >= 11 is 9.89. The minimum absolute atomic E-state index is 0.224. The number of carbonyl (C=O) groups is 1.